The molecule has 0 aliphatic carbocycles. The highest BCUT2D eigenvalue weighted by molar-refractivity contribution is 5.76. The molecule has 0 aromatic rings. The first kappa shape index (κ1) is 27.0. The molecule has 0 fully saturated rings. The highest BCUT2D eigenvalue weighted by atomic mass is 16.9. The van der Waals surface area contributed by atoms with Gasteiger partial charge < -0.3 is 28.8 Å². The van der Waals surface area contributed by atoms with Crippen molar-refractivity contribution in [1.29, 1.82) is 0 Å². The van der Waals surface area contributed by atoms with Crippen LogP contribution in [0.1, 0.15) is 82.6 Å². The molecule has 1 N–H and O–H groups in total. The molecule has 0 heterocycles. The second kappa shape index (κ2) is 8.77. The van der Waals surface area contributed by atoms with Crippen molar-refractivity contribution in [1.82, 2.24) is 0 Å². The summed E-state index contributed by atoms with van der Waals surface area (Å²) in [4.78, 5) is 36.9. The van der Waals surface area contributed by atoms with Gasteiger partial charge in [-0.2, -0.15) is 0 Å². The average Bonchev–Trinajstić information content (AvgIpc) is 2.41. The largest absolute Gasteiger partial charge is 0.513 e. The van der Waals surface area contributed by atoms with E-state index >= 15 is 0 Å². The molecule has 0 aromatic heterocycles. The van der Waals surface area contributed by atoms with Crippen molar-refractivity contribution >= 4 is 18.3 Å². The van der Waals surface area contributed by atoms with Gasteiger partial charge in [0.05, 0.1) is 5.60 Å². The van der Waals surface area contributed by atoms with E-state index in [1.807, 2.05) is 0 Å². The molecule has 0 radical (unpaired) electrons. The van der Waals surface area contributed by atoms with Crippen molar-refractivity contribution < 1.29 is 43.2 Å². The predicted molar refractivity (Wildman–Crippen MR) is 104 cm³/mol. The molecule has 1 unspecified atom stereocenters. The maximum atomic E-state index is 12.5. The van der Waals surface area contributed by atoms with E-state index in [0.29, 0.717) is 6.42 Å². The van der Waals surface area contributed by atoms with Gasteiger partial charge in [0.15, 0.2) is 5.41 Å². The molecule has 1 atom stereocenters. The Labute approximate surface area is 173 Å². The van der Waals surface area contributed by atoms with Gasteiger partial charge in [-0.1, -0.05) is 6.92 Å². The van der Waals surface area contributed by atoms with Gasteiger partial charge in [0, 0.05) is 0 Å². The van der Waals surface area contributed by atoms with Crippen molar-refractivity contribution in [2.24, 2.45) is 5.41 Å². The van der Waals surface area contributed by atoms with Crippen molar-refractivity contribution in [3.8, 4) is 0 Å². The molecule has 0 rings (SSSR count). The Morgan fingerprint density at radius 2 is 1.10 bits per heavy atom. The van der Waals surface area contributed by atoms with Crippen LogP contribution in [-0.2, 0) is 28.5 Å². The van der Waals surface area contributed by atoms with E-state index in [1.165, 1.54) is 13.8 Å². The smallest absolute Gasteiger partial charge is 0.481 e. The summed E-state index contributed by atoms with van der Waals surface area (Å²) in [6.07, 6.45) is -2.05. The van der Waals surface area contributed by atoms with Crippen LogP contribution in [0.4, 0.5) is 9.59 Å². The number of hydrogen-bond donors (Lipinski definition) is 1. The monoisotopic (exact) mass is 420 g/mol. The lowest BCUT2D eigenvalue weighted by molar-refractivity contribution is -0.407. The highest BCUT2D eigenvalue weighted by Gasteiger charge is 2.62. The Kier molecular flexibility index (Phi) is 8.16. The summed E-state index contributed by atoms with van der Waals surface area (Å²) in [5.41, 5.74) is -4.94. The van der Waals surface area contributed by atoms with E-state index in [9.17, 15) is 19.5 Å². The van der Waals surface area contributed by atoms with Crippen molar-refractivity contribution in [2.45, 2.75) is 105 Å². The zero-order chi connectivity index (χ0) is 23.5. The summed E-state index contributed by atoms with van der Waals surface area (Å²) in [5, 5.41) is 9.77. The number of carbonyl (C=O) groups is 3. The fourth-order valence-electron chi connectivity index (χ4n) is 1.79. The van der Waals surface area contributed by atoms with Crippen LogP contribution in [0.5, 0.6) is 0 Å². The maximum absolute atomic E-state index is 12.5. The highest BCUT2D eigenvalue weighted by Crippen LogP contribution is 2.41. The summed E-state index contributed by atoms with van der Waals surface area (Å²) >= 11 is 0. The van der Waals surface area contributed by atoms with E-state index in [1.54, 1.807) is 62.3 Å². The molecule has 0 saturated carbocycles. The van der Waals surface area contributed by atoms with E-state index in [0.717, 1.165) is 0 Å². The van der Waals surface area contributed by atoms with Gasteiger partial charge in [-0.15, -0.1) is 0 Å². The fraction of sp³-hybridized carbons (Fsp3) is 0.850. The summed E-state index contributed by atoms with van der Waals surface area (Å²) in [7, 11) is 0. The van der Waals surface area contributed by atoms with Gasteiger partial charge in [0.1, 0.15) is 11.2 Å². The number of rotatable bonds is 7. The molecule has 9 nitrogen and oxygen atoms in total. The predicted octanol–water partition coefficient (Wildman–Crippen LogP) is 4.86. The second-order valence-corrected chi connectivity index (χ2v) is 9.83. The van der Waals surface area contributed by atoms with Crippen molar-refractivity contribution in [2.75, 3.05) is 0 Å². The molecule has 9 heteroatoms. The first-order valence-electron chi connectivity index (χ1n) is 9.44. The molecule has 29 heavy (non-hydrogen) atoms. The van der Waals surface area contributed by atoms with Gasteiger partial charge in [-0.05, 0) is 75.7 Å². The fourth-order valence-corrected chi connectivity index (χ4v) is 1.79. The van der Waals surface area contributed by atoms with Gasteiger partial charge in [-0.3, -0.25) is 4.79 Å². The molecule has 0 bridgehead atoms. The standard InChI is InChI=1S/C20H36O9/c1-12-18(8,9)26-15(24)28-20(29-17(5,6)7,19(10,11)13(21)22)27-14(23)25-16(2,3)4/h12H2,1-11H3,(H,21,22). The quantitative estimate of drug-likeness (QED) is 0.455. The third-order valence-electron chi connectivity index (χ3n) is 3.78. The summed E-state index contributed by atoms with van der Waals surface area (Å²) in [6, 6.07) is 0. The molecular weight excluding hydrogens is 384 g/mol. The minimum atomic E-state index is -2.67. The molecule has 0 amide bonds. The van der Waals surface area contributed by atoms with Crippen LogP contribution >= 0.6 is 0 Å². The van der Waals surface area contributed by atoms with Crippen LogP contribution in [0.3, 0.4) is 0 Å². The third-order valence-corrected chi connectivity index (χ3v) is 3.78. The molecule has 0 aliphatic heterocycles. The minimum Gasteiger partial charge on any atom is -0.481 e. The van der Waals surface area contributed by atoms with Crippen LogP contribution < -0.4 is 0 Å². The molecule has 0 saturated heterocycles. The first-order valence-corrected chi connectivity index (χ1v) is 9.44. The minimum absolute atomic E-state index is 0.463. The summed E-state index contributed by atoms with van der Waals surface area (Å²) < 4.78 is 26.6. The van der Waals surface area contributed by atoms with Crippen LogP contribution in [0, 0.1) is 5.41 Å². The van der Waals surface area contributed by atoms with Crippen LogP contribution in [0.25, 0.3) is 0 Å². The Balaban J connectivity index is 6.28. The SMILES string of the molecule is CCC(C)(C)OC(=O)OC(OC(=O)OC(C)(C)C)(OC(C)(C)C)C(C)(C)C(=O)O. The van der Waals surface area contributed by atoms with Gasteiger partial charge in [0.2, 0.25) is 0 Å². The van der Waals surface area contributed by atoms with Crippen molar-refractivity contribution in [3.05, 3.63) is 0 Å². The van der Waals surface area contributed by atoms with E-state index in [-0.39, 0.29) is 0 Å². The van der Waals surface area contributed by atoms with Gasteiger partial charge in [0.25, 0.3) is 0 Å². The van der Waals surface area contributed by atoms with E-state index in [2.05, 4.69) is 0 Å². The second-order valence-electron chi connectivity index (χ2n) is 9.83. The van der Waals surface area contributed by atoms with Crippen molar-refractivity contribution in [3.63, 3.8) is 0 Å². The Morgan fingerprint density at radius 3 is 1.41 bits per heavy atom. The zero-order valence-electron chi connectivity index (χ0n) is 19.4. The molecular formula is C20H36O9. The normalized spacial score (nSPS) is 15.1. The van der Waals surface area contributed by atoms with E-state index < -0.39 is 46.5 Å². The molecule has 0 aliphatic rings. The number of carboxylic acid groups (broad SMARTS) is 1. The van der Waals surface area contributed by atoms with E-state index in [4.69, 9.17) is 23.7 Å². The van der Waals surface area contributed by atoms with Crippen LogP contribution in [-0.4, -0.2) is 46.2 Å². The maximum Gasteiger partial charge on any atom is 0.513 e. The number of carboxylic acids is 1. The lowest BCUT2D eigenvalue weighted by Crippen LogP contribution is -2.60. The van der Waals surface area contributed by atoms with Crippen LogP contribution in [0.2, 0.25) is 0 Å². The van der Waals surface area contributed by atoms with Crippen LogP contribution in [0.15, 0.2) is 0 Å². The lowest BCUT2D eigenvalue weighted by atomic mass is 9.89. The number of hydrogen-bond acceptors (Lipinski definition) is 8. The summed E-state index contributed by atoms with van der Waals surface area (Å²) in [6.45, 7) is 17.0. The number of carbonyl (C=O) groups excluding carboxylic acids is 2. The Bertz CT molecular complexity index is 608. The number of ether oxygens (including phenoxy) is 5. The topological polar surface area (TPSA) is 118 Å². The first-order chi connectivity index (χ1) is 12.7. The average molecular weight is 420 g/mol. The Morgan fingerprint density at radius 1 is 0.690 bits per heavy atom. The van der Waals surface area contributed by atoms with Gasteiger partial charge in [-0.25, -0.2) is 9.59 Å². The van der Waals surface area contributed by atoms with Gasteiger partial charge >= 0.3 is 24.3 Å². The summed E-state index contributed by atoms with van der Waals surface area (Å²) in [5.74, 6) is -4.10. The number of aliphatic carboxylic acids is 1. The Hall–Kier alpha value is -2.03. The molecule has 0 aromatic carbocycles. The third kappa shape index (κ3) is 8.47. The molecule has 170 valence electrons. The molecule has 0 spiro atoms. The lowest BCUT2D eigenvalue weighted by Gasteiger charge is -2.43. The zero-order valence-corrected chi connectivity index (χ0v) is 19.4.